The first kappa shape index (κ1) is 37.2. The predicted molar refractivity (Wildman–Crippen MR) is 167 cm³/mol. The number of unbranched alkanes of at least 4 members (excludes halogenated alkanes) is 2. The van der Waals surface area contributed by atoms with Gasteiger partial charge < -0.3 is 26.2 Å². The normalized spacial score (nSPS) is 12.1. The summed E-state index contributed by atoms with van der Waals surface area (Å²) in [5.74, 6) is -3.53. The Kier molecular flexibility index (Phi) is 15.7. The molecule has 1 aromatic heterocycles. The summed E-state index contributed by atoms with van der Waals surface area (Å²) in [7, 11) is 0. The average Bonchev–Trinajstić information content (AvgIpc) is 3.03. The number of alkyl halides is 3. The van der Waals surface area contributed by atoms with Crippen molar-refractivity contribution in [3.63, 3.8) is 0 Å². The van der Waals surface area contributed by atoms with Gasteiger partial charge in [-0.05, 0) is 48.1 Å². The predicted octanol–water partition coefficient (Wildman–Crippen LogP) is 5.97. The molecule has 0 bridgehead atoms. The number of carboxylic acid groups (broad SMARTS) is 2. The number of carboxylic acids is 2. The van der Waals surface area contributed by atoms with E-state index in [1.807, 2.05) is 79.7 Å². The Morgan fingerprint density at radius 3 is 2.02 bits per heavy atom. The third-order valence-corrected chi connectivity index (χ3v) is 6.66. The quantitative estimate of drug-likeness (QED) is 0.119. The van der Waals surface area contributed by atoms with Gasteiger partial charge in [0, 0.05) is 19.2 Å². The second-order valence-electron chi connectivity index (χ2n) is 10.3. The summed E-state index contributed by atoms with van der Waals surface area (Å²) in [5, 5.41) is 25.6. The molecule has 0 radical (unpaired) electrons. The van der Waals surface area contributed by atoms with Crippen LogP contribution in [0.4, 0.5) is 19.0 Å². The molecule has 10 nitrogen and oxygen atoms in total. The van der Waals surface area contributed by atoms with Crippen molar-refractivity contribution < 1.29 is 42.6 Å². The molecule has 2 amide bonds. The number of anilines is 1. The van der Waals surface area contributed by atoms with Crippen molar-refractivity contribution in [2.45, 2.75) is 70.1 Å². The van der Waals surface area contributed by atoms with E-state index in [1.165, 1.54) is 0 Å². The number of hydrogen-bond donors (Lipinski definition) is 5. The SMILES string of the molecule is CCCC[C@@H](NC(=O)CCCCNc1ccccn1)C(=O)NC(CC(=O)O)c1ccc(-c2ccccc2)cc1.O=C(O)C(F)(F)F. The zero-order valence-electron chi connectivity index (χ0n) is 25.4. The topological polar surface area (TPSA) is 158 Å². The van der Waals surface area contributed by atoms with E-state index in [1.54, 1.807) is 6.20 Å². The van der Waals surface area contributed by atoms with E-state index in [2.05, 4.69) is 20.9 Å². The number of halogens is 3. The maximum Gasteiger partial charge on any atom is 0.490 e. The zero-order valence-corrected chi connectivity index (χ0v) is 25.4. The highest BCUT2D eigenvalue weighted by Gasteiger charge is 2.38. The molecule has 1 unspecified atom stereocenters. The Hall–Kier alpha value is -4.94. The van der Waals surface area contributed by atoms with Crippen molar-refractivity contribution in [2.75, 3.05) is 11.9 Å². The first-order chi connectivity index (χ1) is 21.9. The fourth-order valence-electron chi connectivity index (χ4n) is 4.28. The number of rotatable bonds is 16. The van der Waals surface area contributed by atoms with Crippen molar-refractivity contribution in [3.05, 3.63) is 84.6 Å². The molecule has 248 valence electrons. The molecule has 5 N–H and O–H groups in total. The van der Waals surface area contributed by atoms with Gasteiger partial charge in [0.1, 0.15) is 11.9 Å². The molecule has 0 saturated carbocycles. The third kappa shape index (κ3) is 14.2. The molecule has 0 fully saturated rings. The number of amides is 2. The van der Waals surface area contributed by atoms with E-state index in [4.69, 9.17) is 9.90 Å². The molecule has 1 heterocycles. The molecule has 0 aliphatic heterocycles. The van der Waals surface area contributed by atoms with Gasteiger partial charge >= 0.3 is 18.1 Å². The van der Waals surface area contributed by atoms with Gasteiger partial charge in [0.15, 0.2) is 0 Å². The minimum absolute atomic E-state index is 0.189. The molecule has 0 aliphatic rings. The molecule has 3 rings (SSSR count). The number of carbonyl (C=O) groups is 4. The van der Waals surface area contributed by atoms with Crippen LogP contribution in [-0.4, -0.2) is 57.7 Å². The van der Waals surface area contributed by atoms with Gasteiger partial charge in [0.05, 0.1) is 12.5 Å². The second kappa shape index (κ2) is 19.4. The van der Waals surface area contributed by atoms with Crippen LogP contribution < -0.4 is 16.0 Å². The summed E-state index contributed by atoms with van der Waals surface area (Å²) in [4.78, 5) is 50.6. The monoisotopic (exact) mass is 644 g/mol. The lowest BCUT2D eigenvalue weighted by Gasteiger charge is -2.23. The van der Waals surface area contributed by atoms with Crippen LogP contribution in [0.2, 0.25) is 0 Å². The van der Waals surface area contributed by atoms with Gasteiger partial charge in [-0.15, -0.1) is 0 Å². The first-order valence-electron chi connectivity index (χ1n) is 14.8. The Morgan fingerprint density at radius 2 is 1.46 bits per heavy atom. The van der Waals surface area contributed by atoms with Gasteiger partial charge in [-0.25, -0.2) is 9.78 Å². The standard InChI is InChI=1S/C31H38N4O4.C2HF3O2/c1-2-3-13-26(34-29(36)15-8-10-21-33-28-14-7-9-20-32-28)31(39)35-27(22-30(37)38)25-18-16-24(17-19-25)23-11-5-4-6-12-23;3-2(4,5)1(6)7/h4-7,9,11-12,14,16-20,26-27H,2-3,8,10,13,15,21-22H2,1H3,(H,32,33)(H,34,36)(H,35,39)(H,37,38);(H,6,7)/t26-,27?;/m1./s1. The Labute approximate surface area is 265 Å². The first-order valence-corrected chi connectivity index (χ1v) is 14.8. The van der Waals surface area contributed by atoms with Crippen LogP contribution in [0, 0.1) is 0 Å². The molecule has 0 saturated heterocycles. The van der Waals surface area contributed by atoms with Crippen LogP contribution >= 0.6 is 0 Å². The summed E-state index contributed by atoms with van der Waals surface area (Å²) in [6.45, 7) is 2.72. The lowest BCUT2D eigenvalue weighted by Crippen LogP contribution is -2.47. The maximum atomic E-state index is 13.2. The fraction of sp³-hybridized carbons (Fsp3) is 0.364. The summed E-state index contributed by atoms with van der Waals surface area (Å²) in [6, 6.07) is 21.6. The molecule has 46 heavy (non-hydrogen) atoms. The van der Waals surface area contributed by atoms with Crippen LogP contribution in [0.3, 0.4) is 0 Å². The van der Waals surface area contributed by atoms with E-state index in [9.17, 15) is 32.7 Å². The molecule has 2 atom stereocenters. The lowest BCUT2D eigenvalue weighted by atomic mass is 9.98. The molecular weight excluding hydrogens is 605 g/mol. The lowest BCUT2D eigenvalue weighted by molar-refractivity contribution is -0.192. The summed E-state index contributed by atoms with van der Waals surface area (Å²) >= 11 is 0. The third-order valence-electron chi connectivity index (χ3n) is 6.66. The smallest absolute Gasteiger partial charge is 0.481 e. The largest absolute Gasteiger partial charge is 0.490 e. The number of aliphatic carboxylic acids is 2. The Morgan fingerprint density at radius 1 is 0.826 bits per heavy atom. The molecule has 13 heteroatoms. The van der Waals surface area contributed by atoms with Crippen LogP contribution in [0.1, 0.15) is 63.5 Å². The van der Waals surface area contributed by atoms with Crippen molar-refractivity contribution in [1.82, 2.24) is 15.6 Å². The molecular formula is C33H39F3N4O6. The molecule has 3 aromatic rings. The highest BCUT2D eigenvalue weighted by Crippen LogP contribution is 2.24. The number of nitrogens with zero attached hydrogens (tertiary/aromatic N) is 1. The number of nitrogens with one attached hydrogen (secondary N) is 3. The number of pyridine rings is 1. The molecule has 0 aliphatic carbocycles. The van der Waals surface area contributed by atoms with Crippen molar-refractivity contribution >= 4 is 29.6 Å². The average molecular weight is 645 g/mol. The maximum absolute atomic E-state index is 13.2. The van der Waals surface area contributed by atoms with Crippen LogP contribution in [0.25, 0.3) is 11.1 Å². The van der Waals surface area contributed by atoms with Crippen LogP contribution in [0.5, 0.6) is 0 Å². The van der Waals surface area contributed by atoms with E-state index in [0.717, 1.165) is 36.2 Å². The summed E-state index contributed by atoms with van der Waals surface area (Å²) < 4.78 is 31.7. The van der Waals surface area contributed by atoms with Gasteiger partial charge in [-0.1, -0.05) is 80.4 Å². The van der Waals surface area contributed by atoms with Crippen molar-refractivity contribution in [1.29, 1.82) is 0 Å². The van der Waals surface area contributed by atoms with Gasteiger partial charge in [0.2, 0.25) is 11.8 Å². The van der Waals surface area contributed by atoms with E-state index in [-0.39, 0.29) is 18.2 Å². The molecule has 0 spiro atoms. The second-order valence-corrected chi connectivity index (χ2v) is 10.3. The number of benzene rings is 2. The number of hydrogen-bond acceptors (Lipinski definition) is 6. The number of aromatic nitrogens is 1. The van der Waals surface area contributed by atoms with Gasteiger partial charge in [0.25, 0.3) is 0 Å². The van der Waals surface area contributed by atoms with Gasteiger partial charge in [-0.3, -0.25) is 14.4 Å². The van der Waals surface area contributed by atoms with E-state index >= 15 is 0 Å². The Balaban J connectivity index is 0.000000942. The van der Waals surface area contributed by atoms with E-state index in [0.29, 0.717) is 31.4 Å². The van der Waals surface area contributed by atoms with Crippen LogP contribution in [0.15, 0.2) is 79.0 Å². The minimum atomic E-state index is -5.08. The minimum Gasteiger partial charge on any atom is -0.481 e. The highest BCUT2D eigenvalue weighted by atomic mass is 19.4. The Bertz CT molecular complexity index is 1370. The van der Waals surface area contributed by atoms with Crippen molar-refractivity contribution in [2.24, 2.45) is 0 Å². The van der Waals surface area contributed by atoms with Gasteiger partial charge in [-0.2, -0.15) is 13.2 Å². The zero-order chi connectivity index (χ0) is 34.0. The number of carbonyl (C=O) groups excluding carboxylic acids is 2. The van der Waals surface area contributed by atoms with Crippen molar-refractivity contribution in [3.8, 4) is 11.1 Å². The summed E-state index contributed by atoms with van der Waals surface area (Å²) in [5.41, 5.74) is 2.76. The highest BCUT2D eigenvalue weighted by molar-refractivity contribution is 5.88. The summed E-state index contributed by atoms with van der Waals surface area (Å²) in [6.07, 6.45) is 0.270. The van der Waals surface area contributed by atoms with Crippen LogP contribution in [-0.2, 0) is 19.2 Å². The molecule has 2 aromatic carbocycles. The fourth-order valence-corrected chi connectivity index (χ4v) is 4.28. The van der Waals surface area contributed by atoms with E-state index < -0.39 is 30.2 Å².